The highest BCUT2D eigenvalue weighted by Gasteiger charge is 1.99. The van der Waals surface area contributed by atoms with E-state index in [-0.39, 0.29) is 11.6 Å². The predicted molar refractivity (Wildman–Crippen MR) is 60.8 cm³/mol. The maximum Gasteiger partial charge on any atom is 0.143 e. The van der Waals surface area contributed by atoms with Crippen LogP contribution in [0.25, 0.3) is 0 Å². The van der Waals surface area contributed by atoms with E-state index in [1.165, 1.54) is 12.1 Å². The van der Waals surface area contributed by atoms with Gasteiger partial charge in [0.25, 0.3) is 0 Å². The normalized spacial score (nSPS) is 10.3. The molecule has 0 aromatic heterocycles. The van der Waals surface area contributed by atoms with Crippen molar-refractivity contribution in [3.63, 3.8) is 0 Å². The minimum Gasteiger partial charge on any atom is -0.396 e. The fraction of sp³-hybridized carbons (Fsp3) is 0.455. The lowest BCUT2D eigenvalue weighted by molar-refractivity contribution is 0.283. The van der Waals surface area contributed by atoms with Crippen LogP contribution in [-0.2, 0) is 0 Å². The molecule has 0 heterocycles. The maximum absolute atomic E-state index is 13.0. The molecule has 0 aliphatic rings. The molecule has 1 rings (SSSR count). The largest absolute Gasteiger partial charge is 0.396 e. The van der Waals surface area contributed by atoms with E-state index in [0.29, 0.717) is 0 Å². The van der Waals surface area contributed by atoms with Gasteiger partial charge in [-0.05, 0) is 37.5 Å². The highest BCUT2D eigenvalue weighted by atomic mass is 35.5. The van der Waals surface area contributed by atoms with Crippen molar-refractivity contribution >= 4 is 17.3 Å². The summed E-state index contributed by atoms with van der Waals surface area (Å²) in [6.07, 6.45) is 2.75. The number of aliphatic hydroxyl groups is 1. The summed E-state index contributed by atoms with van der Waals surface area (Å²) >= 11 is 5.55. The third kappa shape index (κ3) is 4.49. The standard InChI is InChI=1S/C11H15ClFNO/c12-10-5-4-9(8-11(10)13)14-6-2-1-3-7-15/h4-5,8,14-15H,1-3,6-7H2. The van der Waals surface area contributed by atoms with Crippen molar-refractivity contribution in [1.29, 1.82) is 0 Å². The Morgan fingerprint density at radius 1 is 1.27 bits per heavy atom. The molecule has 2 nitrogen and oxygen atoms in total. The summed E-state index contributed by atoms with van der Waals surface area (Å²) in [5, 5.41) is 11.8. The molecule has 2 N–H and O–H groups in total. The first-order valence-electron chi connectivity index (χ1n) is 5.04. The lowest BCUT2D eigenvalue weighted by Crippen LogP contribution is -2.02. The van der Waals surface area contributed by atoms with Crippen molar-refractivity contribution in [2.24, 2.45) is 0 Å². The number of hydrogen-bond acceptors (Lipinski definition) is 2. The van der Waals surface area contributed by atoms with Gasteiger partial charge in [0.15, 0.2) is 0 Å². The van der Waals surface area contributed by atoms with Crippen LogP contribution in [0.3, 0.4) is 0 Å². The number of unbranched alkanes of at least 4 members (excludes halogenated alkanes) is 2. The van der Waals surface area contributed by atoms with Gasteiger partial charge in [0.05, 0.1) is 5.02 Å². The van der Waals surface area contributed by atoms with Gasteiger partial charge in [0.2, 0.25) is 0 Å². The molecule has 0 aliphatic heterocycles. The summed E-state index contributed by atoms with van der Waals surface area (Å²) in [6.45, 7) is 1.01. The Kier molecular flexibility index (Phi) is 5.43. The van der Waals surface area contributed by atoms with Crippen LogP contribution in [0.4, 0.5) is 10.1 Å². The molecule has 1 aromatic rings. The van der Waals surface area contributed by atoms with E-state index in [0.717, 1.165) is 31.5 Å². The van der Waals surface area contributed by atoms with Crippen molar-refractivity contribution in [1.82, 2.24) is 0 Å². The third-order valence-corrected chi connectivity index (χ3v) is 2.39. The van der Waals surface area contributed by atoms with Gasteiger partial charge < -0.3 is 10.4 Å². The minimum atomic E-state index is -0.406. The topological polar surface area (TPSA) is 32.3 Å². The molecule has 0 radical (unpaired) electrons. The highest BCUT2D eigenvalue weighted by Crippen LogP contribution is 2.18. The lowest BCUT2D eigenvalue weighted by Gasteiger charge is -2.06. The van der Waals surface area contributed by atoms with Gasteiger partial charge in [0.1, 0.15) is 5.82 Å². The van der Waals surface area contributed by atoms with Crippen LogP contribution in [-0.4, -0.2) is 18.3 Å². The molecule has 0 saturated heterocycles. The van der Waals surface area contributed by atoms with Gasteiger partial charge in [-0.25, -0.2) is 4.39 Å². The van der Waals surface area contributed by atoms with Crippen LogP contribution < -0.4 is 5.32 Å². The zero-order valence-electron chi connectivity index (χ0n) is 8.47. The van der Waals surface area contributed by atoms with Crippen LogP contribution in [0.1, 0.15) is 19.3 Å². The quantitative estimate of drug-likeness (QED) is 0.738. The second kappa shape index (κ2) is 6.64. The molecule has 0 bridgehead atoms. The Balaban J connectivity index is 2.28. The summed E-state index contributed by atoms with van der Waals surface area (Å²) < 4.78 is 13.0. The van der Waals surface area contributed by atoms with E-state index in [2.05, 4.69) is 5.32 Å². The van der Waals surface area contributed by atoms with Gasteiger partial charge >= 0.3 is 0 Å². The van der Waals surface area contributed by atoms with Crippen molar-refractivity contribution in [3.8, 4) is 0 Å². The molecule has 0 amide bonds. The van der Waals surface area contributed by atoms with Crippen molar-refractivity contribution < 1.29 is 9.50 Å². The first-order valence-corrected chi connectivity index (χ1v) is 5.41. The third-order valence-electron chi connectivity index (χ3n) is 2.08. The average Bonchev–Trinajstić information content (AvgIpc) is 2.23. The van der Waals surface area contributed by atoms with E-state index in [9.17, 15) is 4.39 Å². The Hall–Kier alpha value is -0.800. The molecule has 84 valence electrons. The average molecular weight is 232 g/mol. The molecular formula is C11H15ClFNO. The van der Waals surface area contributed by atoms with Crippen LogP contribution in [0.5, 0.6) is 0 Å². The first kappa shape index (κ1) is 12.3. The lowest BCUT2D eigenvalue weighted by atomic mass is 10.2. The van der Waals surface area contributed by atoms with Gasteiger partial charge in [-0.1, -0.05) is 11.6 Å². The number of hydrogen-bond donors (Lipinski definition) is 2. The molecule has 0 atom stereocenters. The molecule has 0 spiro atoms. The van der Waals surface area contributed by atoms with Gasteiger partial charge in [0, 0.05) is 18.8 Å². The summed E-state index contributed by atoms with van der Waals surface area (Å²) in [5.41, 5.74) is 0.737. The van der Waals surface area contributed by atoms with E-state index in [4.69, 9.17) is 16.7 Å². The molecule has 4 heteroatoms. The van der Waals surface area contributed by atoms with Gasteiger partial charge in [-0.3, -0.25) is 0 Å². The SMILES string of the molecule is OCCCCCNc1ccc(Cl)c(F)c1. The van der Waals surface area contributed by atoms with Crippen molar-refractivity contribution in [2.45, 2.75) is 19.3 Å². The molecule has 0 aliphatic carbocycles. The van der Waals surface area contributed by atoms with Crippen LogP contribution in [0, 0.1) is 5.82 Å². The van der Waals surface area contributed by atoms with E-state index in [1.54, 1.807) is 6.07 Å². The van der Waals surface area contributed by atoms with Crippen LogP contribution in [0.15, 0.2) is 18.2 Å². The van der Waals surface area contributed by atoms with E-state index in [1.807, 2.05) is 0 Å². The number of nitrogens with one attached hydrogen (secondary N) is 1. The molecule has 0 fully saturated rings. The summed E-state index contributed by atoms with van der Waals surface area (Å²) in [6, 6.07) is 4.67. The van der Waals surface area contributed by atoms with Gasteiger partial charge in [-0.15, -0.1) is 0 Å². The Morgan fingerprint density at radius 2 is 2.07 bits per heavy atom. The first-order chi connectivity index (χ1) is 7.24. The Morgan fingerprint density at radius 3 is 2.73 bits per heavy atom. The Labute approximate surface area is 94.1 Å². The van der Waals surface area contributed by atoms with E-state index < -0.39 is 5.82 Å². The number of rotatable bonds is 6. The predicted octanol–water partition coefficient (Wildman–Crippen LogP) is 3.05. The molecule has 0 saturated carbocycles. The minimum absolute atomic E-state index is 0.140. The fourth-order valence-corrected chi connectivity index (χ4v) is 1.37. The second-order valence-electron chi connectivity index (χ2n) is 3.34. The summed E-state index contributed by atoms with van der Waals surface area (Å²) in [4.78, 5) is 0. The smallest absolute Gasteiger partial charge is 0.143 e. The fourth-order valence-electron chi connectivity index (χ4n) is 1.25. The maximum atomic E-state index is 13.0. The van der Waals surface area contributed by atoms with Crippen LogP contribution >= 0.6 is 11.6 Å². The zero-order chi connectivity index (χ0) is 11.1. The van der Waals surface area contributed by atoms with E-state index >= 15 is 0 Å². The zero-order valence-corrected chi connectivity index (χ0v) is 9.23. The Bertz CT molecular complexity index is 307. The number of benzene rings is 1. The van der Waals surface area contributed by atoms with Crippen molar-refractivity contribution in [2.75, 3.05) is 18.5 Å². The number of aliphatic hydroxyl groups excluding tert-OH is 1. The summed E-state index contributed by atoms with van der Waals surface area (Å²) in [5.74, 6) is -0.406. The van der Waals surface area contributed by atoms with Gasteiger partial charge in [-0.2, -0.15) is 0 Å². The molecule has 15 heavy (non-hydrogen) atoms. The molecule has 1 aromatic carbocycles. The molecule has 0 unspecified atom stereocenters. The van der Waals surface area contributed by atoms with Crippen molar-refractivity contribution in [3.05, 3.63) is 29.0 Å². The molecular weight excluding hydrogens is 217 g/mol. The summed E-state index contributed by atoms with van der Waals surface area (Å²) in [7, 11) is 0. The number of halogens is 2. The number of anilines is 1. The van der Waals surface area contributed by atoms with Crippen LogP contribution in [0.2, 0.25) is 5.02 Å². The second-order valence-corrected chi connectivity index (χ2v) is 3.75. The highest BCUT2D eigenvalue weighted by molar-refractivity contribution is 6.30. The monoisotopic (exact) mass is 231 g/mol.